The second kappa shape index (κ2) is 10.4. The number of thioether (sulfide) groups is 1. The number of thiophene rings is 1. The molecule has 0 spiro atoms. The lowest BCUT2D eigenvalue weighted by Gasteiger charge is -2.15. The summed E-state index contributed by atoms with van der Waals surface area (Å²) in [4.78, 5) is 30.7. The van der Waals surface area contributed by atoms with Crippen molar-refractivity contribution in [3.05, 3.63) is 81.0 Å². The van der Waals surface area contributed by atoms with Crippen LogP contribution in [0.5, 0.6) is 0 Å². The molecule has 2 aromatic carbocycles. The minimum Gasteiger partial charge on any atom is -0.325 e. The fourth-order valence-corrected chi connectivity index (χ4v) is 5.21. The summed E-state index contributed by atoms with van der Waals surface area (Å²) in [7, 11) is 0. The highest BCUT2D eigenvalue weighted by Gasteiger charge is 2.17. The average Bonchev–Trinajstić information content (AvgIpc) is 3.29. The molecule has 0 aliphatic carbocycles. The lowest BCUT2D eigenvalue weighted by atomic mass is 10.1. The average molecular weight is 478 g/mol. The van der Waals surface area contributed by atoms with E-state index < -0.39 is 0 Å². The van der Waals surface area contributed by atoms with Gasteiger partial charge in [-0.15, -0.1) is 11.3 Å². The number of aryl methyl sites for hydroxylation is 2. The summed E-state index contributed by atoms with van der Waals surface area (Å²) in [6.45, 7) is 6.20. The number of nitrogens with one attached hydrogen (secondary N) is 1. The number of anilines is 1. The molecule has 170 valence electrons. The molecule has 0 bridgehead atoms. The fourth-order valence-electron chi connectivity index (χ4n) is 3.64. The van der Waals surface area contributed by atoms with Crippen LogP contribution in [0, 0.1) is 13.8 Å². The van der Waals surface area contributed by atoms with E-state index in [0.29, 0.717) is 15.4 Å². The quantitative estimate of drug-likeness (QED) is 0.245. The number of hydrogen-bond acceptors (Lipinski definition) is 5. The molecule has 0 atom stereocenters. The first kappa shape index (κ1) is 23.3. The van der Waals surface area contributed by atoms with Gasteiger partial charge in [0.2, 0.25) is 5.91 Å². The summed E-state index contributed by atoms with van der Waals surface area (Å²) in [5, 5.41) is 5.34. The maximum absolute atomic E-state index is 13.3. The van der Waals surface area contributed by atoms with E-state index in [1.54, 1.807) is 4.57 Å². The van der Waals surface area contributed by atoms with E-state index in [4.69, 9.17) is 4.98 Å². The van der Waals surface area contributed by atoms with Crippen LogP contribution >= 0.6 is 23.1 Å². The van der Waals surface area contributed by atoms with E-state index in [0.717, 1.165) is 41.8 Å². The highest BCUT2D eigenvalue weighted by Crippen LogP contribution is 2.26. The number of fused-ring (bicyclic) bond motifs is 1. The lowest BCUT2D eigenvalue weighted by Crippen LogP contribution is -2.23. The van der Waals surface area contributed by atoms with Crippen LogP contribution in [0.3, 0.4) is 0 Å². The number of carbonyl (C=O) groups excluding carboxylic acids is 1. The summed E-state index contributed by atoms with van der Waals surface area (Å²) < 4.78 is 2.26. The smallest absolute Gasteiger partial charge is 0.276 e. The van der Waals surface area contributed by atoms with Gasteiger partial charge >= 0.3 is 0 Å². The predicted molar refractivity (Wildman–Crippen MR) is 139 cm³/mol. The standard InChI is InChI=1S/C26H27N3O2S2/c1-4-5-8-19-10-12-20(13-11-19)27-23(30)16-33-26-28-21-14-15-32-24(21)25(31)29(26)22-9-6-7-17(2)18(22)3/h6-7,9-15H,4-5,8,16H2,1-3H3,(H,27,30). The van der Waals surface area contributed by atoms with Crippen LogP contribution in [0.2, 0.25) is 0 Å². The first-order valence-corrected chi connectivity index (χ1v) is 12.9. The minimum atomic E-state index is -0.131. The van der Waals surface area contributed by atoms with E-state index in [-0.39, 0.29) is 17.2 Å². The van der Waals surface area contributed by atoms with Crippen LogP contribution in [0.1, 0.15) is 36.5 Å². The van der Waals surface area contributed by atoms with Gasteiger partial charge in [-0.05, 0) is 73.0 Å². The van der Waals surface area contributed by atoms with E-state index >= 15 is 0 Å². The number of nitrogens with zero attached hydrogens (tertiary/aromatic N) is 2. The predicted octanol–water partition coefficient (Wildman–Crippen LogP) is 6.14. The van der Waals surface area contributed by atoms with Gasteiger partial charge in [0.15, 0.2) is 5.16 Å². The van der Waals surface area contributed by atoms with Crippen molar-refractivity contribution in [3.8, 4) is 5.69 Å². The van der Waals surface area contributed by atoms with Crippen molar-refractivity contribution in [3.63, 3.8) is 0 Å². The molecule has 0 aliphatic rings. The van der Waals surface area contributed by atoms with Crippen molar-refractivity contribution >= 4 is 44.9 Å². The molecule has 0 saturated heterocycles. The van der Waals surface area contributed by atoms with Crippen molar-refractivity contribution < 1.29 is 4.79 Å². The molecular formula is C26H27N3O2S2. The minimum absolute atomic E-state index is 0.103. The molecular weight excluding hydrogens is 450 g/mol. The lowest BCUT2D eigenvalue weighted by molar-refractivity contribution is -0.113. The molecule has 0 fully saturated rings. The third kappa shape index (κ3) is 5.20. The number of benzene rings is 2. The molecule has 0 saturated carbocycles. The van der Waals surface area contributed by atoms with Gasteiger partial charge < -0.3 is 5.32 Å². The molecule has 4 rings (SSSR count). The monoisotopic (exact) mass is 477 g/mol. The Balaban J connectivity index is 1.56. The number of amides is 1. The third-order valence-electron chi connectivity index (χ3n) is 5.66. The SMILES string of the molecule is CCCCc1ccc(NC(=O)CSc2nc3ccsc3c(=O)n2-c2cccc(C)c2C)cc1. The Morgan fingerprint density at radius 3 is 2.67 bits per heavy atom. The molecule has 2 heterocycles. The summed E-state index contributed by atoms with van der Waals surface area (Å²) in [6, 6.07) is 15.7. The summed E-state index contributed by atoms with van der Waals surface area (Å²) >= 11 is 2.66. The van der Waals surface area contributed by atoms with Crippen LogP contribution in [-0.2, 0) is 11.2 Å². The Hall–Kier alpha value is -2.90. The molecule has 0 unspecified atom stereocenters. The fraction of sp³-hybridized carbons (Fsp3) is 0.269. The van der Waals surface area contributed by atoms with Crippen LogP contribution in [0.15, 0.2) is 63.9 Å². The van der Waals surface area contributed by atoms with Crippen molar-refractivity contribution in [2.75, 3.05) is 11.1 Å². The normalized spacial score (nSPS) is 11.1. The zero-order valence-corrected chi connectivity index (χ0v) is 20.7. The van der Waals surface area contributed by atoms with Crippen LogP contribution in [-0.4, -0.2) is 21.2 Å². The first-order chi connectivity index (χ1) is 16.0. The van der Waals surface area contributed by atoms with E-state index in [1.807, 2.05) is 55.6 Å². The number of rotatable bonds is 8. The highest BCUT2D eigenvalue weighted by atomic mass is 32.2. The molecule has 0 radical (unpaired) electrons. The third-order valence-corrected chi connectivity index (χ3v) is 7.49. The zero-order valence-electron chi connectivity index (χ0n) is 19.1. The Kier molecular flexibility index (Phi) is 7.30. The van der Waals surface area contributed by atoms with Gasteiger partial charge in [0.05, 0.1) is 17.0 Å². The number of aromatic nitrogens is 2. The van der Waals surface area contributed by atoms with E-state index in [2.05, 4.69) is 24.4 Å². The topological polar surface area (TPSA) is 64.0 Å². The number of hydrogen-bond donors (Lipinski definition) is 1. The molecule has 1 amide bonds. The second-order valence-electron chi connectivity index (χ2n) is 8.03. The molecule has 7 heteroatoms. The van der Waals surface area contributed by atoms with Gasteiger partial charge in [-0.1, -0.05) is 49.4 Å². The van der Waals surface area contributed by atoms with Gasteiger partial charge in [0.1, 0.15) is 4.70 Å². The first-order valence-electron chi connectivity index (χ1n) is 11.1. The van der Waals surface area contributed by atoms with Gasteiger partial charge in [-0.2, -0.15) is 0 Å². The zero-order chi connectivity index (χ0) is 23.4. The van der Waals surface area contributed by atoms with E-state index in [9.17, 15) is 9.59 Å². The number of unbranched alkanes of at least 4 members (excludes halogenated alkanes) is 1. The molecule has 5 nitrogen and oxygen atoms in total. The molecule has 1 N–H and O–H groups in total. The van der Waals surface area contributed by atoms with Gasteiger partial charge in [0, 0.05) is 5.69 Å². The van der Waals surface area contributed by atoms with E-state index in [1.165, 1.54) is 28.7 Å². The molecule has 4 aromatic rings. The van der Waals surface area contributed by atoms with Crippen molar-refractivity contribution in [1.29, 1.82) is 0 Å². The Labute approximate surface area is 201 Å². The summed E-state index contributed by atoms with van der Waals surface area (Å²) in [5.74, 6) is 0.0262. The second-order valence-corrected chi connectivity index (χ2v) is 9.88. The van der Waals surface area contributed by atoms with Crippen LogP contribution < -0.4 is 10.9 Å². The van der Waals surface area contributed by atoms with Gasteiger partial charge in [0.25, 0.3) is 5.56 Å². The van der Waals surface area contributed by atoms with Crippen molar-refractivity contribution in [2.24, 2.45) is 0 Å². The maximum atomic E-state index is 13.3. The summed E-state index contributed by atoms with van der Waals surface area (Å²) in [6.07, 6.45) is 3.37. The van der Waals surface area contributed by atoms with Crippen molar-refractivity contribution in [1.82, 2.24) is 9.55 Å². The summed E-state index contributed by atoms with van der Waals surface area (Å²) in [5.41, 5.74) is 5.53. The molecule has 0 aliphatic heterocycles. The van der Waals surface area contributed by atoms with Gasteiger partial charge in [-0.25, -0.2) is 4.98 Å². The largest absolute Gasteiger partial charge is 0.325 e. The highest BCUT2D eigenvalue weighted by molar-refractivity contribution is 7.99. The number of carbonyl (C=O) groups is 1. The Morgan fingerprint density at radius 2 is 1.91 bits per heavy atom. The van der Waals surface area contributed by atoms with Crippen molar-refractivity contribution in [2.45, 2.75) is 45.2 Å². The van der Waals surface area contributed by atoms with Crippen LogP contribution in [0.25, 0.3) is 15.9 Å². The molecule has 2 aromatic heterocycles. The Bertz CT molecular complexity index is 1340. The van der Waals surface area contributed by atoms with Crippen LogP contribution in [0.4, 0.5) is 5.69 Å². The molecule has 33 heavy (non-hydrogen) atoms. The van der Waals surface area contributed by atoms with Gasteiger partial charge in [-0.3, -0.25) is 14.2 Å². The maximum Gasteiger partial charge on any atom is 0.276 e. The Morgan fingerprint density at radius 1 is 1.12 bits per heavy atom.